The predicted molar refractivity (Wildman–Crippen MR) is 69.7 cm³/mol. The van der Waals surface area contributed by atoms with Crippen LogP contribution in [0.1, 0.15) is 28.4 Å². The SMILES string of the molecule is CNCCC(O)C(O)c1cc(C=O)c(O)c([N+](=O)[O-])c1. The third-order valence-corrected chi connectivity index (χ3v) is 2.86. The Labute approximate surface area is 114 Å². The number of nitro groups is 1. The second kappa shape index (κ2) is 6.94. The summed E-state index contributed by atoms with van der Waals surface area (Å²) in [5, 5.41) is 42.8. The number of aliphatic hydroxyl groups excluding tert-OH is 2. The van der Waals surface area contributed by atoms with Crippen LogP contribution in [0.3, 0.4) is 0 Å². The Balaban J connectivity index is 3.14. The Morgan fingerprint density at radius 1 is 1.45 bits per heavy atom. The van der Waals surface area contributed by atoms with E-state index in [9.17, 15) is 30.2 Å². The number of aldehydes is 1. The molecule has 0 radical (unpaired) electrons. The first-order valence-corrected chi connectivity index (χ1v) is 5.89. The molecule has 0 heterocycles. The molecule has 0 saturated carbocycles. The lowest BCUT2D eigenvalue weighted by Crippen LogP contribution is -2.23. The maximum absolute atomic E-state index is 10.8. The number of aromatic hydroxyl groups is 1. The molecular formula is C12H16N2O6. The Morgan fingerprint density at radius 2 is 2.10 bits per heavy atom. The van der Waals surface area contributed by atoms with E-state index in [0.717, 1.165) is 12.1 Å². The van der Waals surface area contributed by atoms with Crippen LogP contribution in [0.15, 0.2) is 12.1 Å². The fourth-order valence-corrected chi connectivity index (χ4v) is 1.74. The number of nitrogens with zero attached hydrogens (tertiary/aromatic N) is 1. The number of nitro benzene ring substituents is 1. The van der Waals surface area contributed by atoms with E-state index in [1.165, 1.54) is 0 Å². The minimum atomic E-state index is -1.39. The van der Waals surface area contributed by atoms with Gasteiger partial charge in [0.1, 0.15) is 6.10 Å². The molecular weight excluding hydrogens is 268 g/mol. The minimum Gasteiger partial charge on any atom is -0.502 e. The summed E-state index contributed by atoms with van der Waals surface area (Å²) in [7, 11) is 1.68. The maximum Gasteiger partial charge on any atom is 0.311 e. The molecule has 0 fully saturated rings. The monoisotopic (exact) mass is 284 g/mol. The van der Waals surface area contributed by atoms with Gasteiger partial charge in [-0.1, -0.05) is 0 Å². The predicted octanol–water partition coefficient (Wildman–Crippen LogP) is 0.117. The van der Waals surface area contributed by atoms with Gasteiger partial charge < -0.3 is 20.6 Å². The number of nitrogens with one attached hydrogen (secondary N) is 1. The van der Waals surface area contributed by atoms with Crippen LogP contribution in [-0.2, 0) is 0 Å². The molecule has 20 heavy (non-hydrogen) atoms. The van der Waals surface area contributed by atoms with Gasteiger partial charge in [-0.05, 0) is 31.6 Å². The number of phenols is 1. The third kappa shape index (κ3) is 3.50. The molecule has 2 unspecified atom stereocenters. The van der Waals surface area contributed by atoms with Crippen molar-refractivity contribution in [1.29, 1.82) is 0 Å². The first kappa shape index (κ1) is 16.0. The molecule has 0 aliphatic rings. The molecule has 8 nitrogen and oxygen atoms in total. The zero-order valence-electron chi connectivity index (χ0n) is 10.8. The van der Waals surface area contributed by atoms with Gasteiger partial charge >= 0.3 is 5.69 Å². The van der Waals surface area contributed by atoms with Crippen LogP contribution in [0.5, 0.6) is 5.75 Å². The van der Waals surface area contributed by atoms with Gasteiger partial charge in [-0.3, -0.25) is 14.9 Å². The van der Waals surface area contributed by atoms with E-state index in [1.54, 1.807) is 7.05 Å². The number of carbonyl (C=O) groups excluding carboxylic acids is 1. The molecule has 1 aromatic rings. The number of carbonyl (C=O) groups is 1. The topological polar surface area (TPSA) is 133 Å². The molecule has 0 aromatic heterocycles. The molecule has 4 N–H and O–H groups in total. The van der Waals surface area contributed by atoms with E-state index in [2.05, 4.69) is 5.32 Å². The van der Waals surface area contributed by atoms with Crippen LogP contribution >= 0.6 is 0 Å². The Morgan fingerprint density at radius 3 is 2.60 bits per heavy atom. The average molecular weight is 284 g/mol. The standard InChI is InChI=1S/C12H16N2O6/c1-13-3-2-10(16)12(18)7-4-8(6-15)11(17)9(5-7)14(19)20/h4-6,10,12-13,16-18H,2-3H2,1H3. The number of benzene rings is 1. The Bertz CT molecular complexity index is 505. The quantitative estimate of drug-likeness (QED) is 0.317. The lowest BCUT2D eigenvalue weighted by molar-refractivity contribution is -0.386. The highest BCUT2D eigenvalue weighted by Crippen LogP contribution is 2.33. The van der Waals surface area contributed by atoms with E-state index in [4.69, 9.17) is 0 Å². The van der Waals surface area contributed by atoms with Crippen LogP contribution in [0.4, 0.5) is 5.69 Å². The van der Waals surface area contributed by atoms with Crippen LogP contribution in [0.25, 0.3) is 0 Å². The Kier molecular flexibility index (Phi) is 5.56. The molecule has 2 atom stereocenters. The van der Waals surface area contributed by atoms with Crippen LogP contribution < -0.4 is 5.32 Å². The van der Waals surface area contributed by atoms with Crippen molar-refractivity contribution in [3.05, 3.63) is 33.4 Å². The summed E-state index contributed by atoms with van der Waals surface area (Å²) in [5.41, 5.74) is -1.00. The number of hydrogen-bond donors (Lipinski definition) is 4. The first-order chi connectivity index (χ1) is 9.42. The van der Waals surface area contributed by atoms with Gasteiger partial charge in [-0.25, -0.2) is 0 Å². The van der Waals surface area contributed by atoms with Crippen LogP contribution in [0, 0.1) is 10.1 Å². The van der Waals surface area contributed by atoms with Crippen molar-refractivity contribution in [2.24, 2.45) is 0 Å². The van der Waals surface area contributed by atoms with Crippen molar-refractivity contribution in [1.82, 2.24) is 5.32 Å². The van der Waals surface area contributed by atoms with Crippen molar-refractivity contribution in [2.45, 2.75) is 18.6 Å². The molecule has 0 aliphatic heterocycles. The van der Waals surface area contributed by atoms with Crippen molar-refractivity contribution < 1.29 is 25.0 Å². The summed E-state index contributed by atoms with van der Waals surface area (Å²) in [5.74, 6) is -0.759. The first-order valence-electron chi connectivity index (χ1n) is 5.89. The van der Waals surface area contributed by atoms with E-state index in [0.29, 0.717) is 6.54 Å². The summed E-state index contributed by atoms with van der Waals surface area (Å²) < 4.78 is 0. The number of rotatable bonds is 7. The van der Waals surface area contributed by atoms with Crippen LogP contribution in [-0.4, -0.2) is 46.2 Å². The molecule has 0 saturated heterocycles. The number of aliphatic hydroxyl groups is 2. The van der Waals surface area contributed by atoms with E-state index < -0.39 is 28.6 Å². The van der Waals surface area contributed by atoms with E-state index in [1.807, 2.05) is 0 Å². The molecule has 110 valence electrons. The van der Waals surface area contributed by atoms with Gasteiger partial charge in [0, 0.05) is 6.07 Å². The normalized spacial score (nSPS) is 13.8. The van der Waals surface area contributed by atoms with Gasteiger partial charge in [0.15, 0.2) is 6.29 Å². The van der Waals surface area contributed by atoms with E-state index >= 15 is 0 Å². The van der Waals surface area contributed by atoms with Gasteiger partial charge in [-0.15, -0.1) is 0 Å². The summed E-state index contributed by atoms with van der Waals surface area (Å²) in [6, 6.07) is 2.05. The molecule has 0 amide bonds. The maximum atomic E-state index is 10.8. The highest BCUT2D eigenvalue weighted by molar-refractivity contribution is 5.82. The van der Waals surface area contributed by atoms with Crippen molar-refractivity contribution >= 4 is 12.0 Å². The fourth-order valence-electron chi connectivity index (χ4n) is 1.74. The zero-order valence-corrected chi connectivity index (χ0v) is 10.8. The summed E-state index contributed by atoms with van der Waals surface area (Å²) in [6.45, 7) is 0.443. The number of phenolic OH excluding ortho intramolecular Hbond substituents is 1. The highest BCUT2D eigenvalue weighted by Gasteiger charge is 2.25. The Hall–Kier alpha value is -2.03. The lowest BCUT2D eigenvalue weighted by atomic mass is 9.99. The van der Waals surface area contributed by atoms with Gasteiger partial charge in [0.2, 0.25) is 5.75 Å². The fraction of sp³-hybridized carbons (Fsp3) is 0.417. The molecule has 0 bridgehead atoms. The molecule has 8 heteroatoms. The molecule has 0 aliphatic carbocycles. The summed E-state index contributed by atoms with van der Waals surface area (Å²) in [4.78, 5) is 20.7. The van der Waals surface area contributed by atoms with Gasteiger partial charge in [-0.2, -0.15) is 0 Å². The molecule has 1 rings (SSSR count). The van der Waals surface area contributed by atoms with Crippen molar-refractivity contribution in [3.63, 3.8) is 0 Å². The largest absolute Gasteiger partial charge is 0.502 e. The van der Waals surface area contributed by atoms with Crippen molar-refractivity contribution in [3.8, 4) is 5.75 Å². The third-order valence-electron chi connectivity index (χ3n) is 2.86. The smallest absolute Gasteiger partial charge is 0.311 e. The number of hydrogen-bond acceptors (Lipinski definition) is 7. The van der Waals surface area contributed by atoms with E-state index in [-0.39, 0.29) is 23.8 Å². The lowest BCUT2D eigenvalue weighted by Gasteiger charge is -2.18. The van der Waals surface area contributed by atoms with Gasteiger partial charge in [0.05, 0.1) is 16.6 Å². The molecule has 0 spiro atoms. The molecule has 1 aromatic carbocycles. The second-order valence-electron chi connectivity index (χ2n) is 4.26. The average Bonchev–Trinajstić information content (AvgIpc) is 2.43. The van der Waals surface area contributed by atoms with Crippen molar-refractivity contribution in [2.75, 3.05) is 13.6 Å². The highest BCUT2D eigenvalue weighted by atomic mass is 16.6. The minimum absolute atomic E-state index is 0.000188. The van der Waals surface area contributed by atoms with Gasteiger partial charge in [0.25, 0.3) is 0 Å². The summed E-state index contributed by atoms with van der Waals surface area (Å²) in [6.07, 6.45) is -2.06. The summed E-state index contributed by atoms with van der Waals surface area (Å²) >= 11 is 0. The zero-order chi connectivity index (χ0) is 15.3. The second-order valence-corrected chi connectivity index (χ2v) is 4.26. The van der Waals surface area contributed by atoms with Crippen LogP contribution in [0.2, 0.25) is 0 Å².